The molecule has 2 aliphatic heterocycles. The van der Waals surface area contributed by atoms with Gasteiger partial charge in [-0.25, -0.2) is 0 Å². The summed E-state index contributed by atoms with van der Waals surface area (Å²) in [6.45, 7) is 12.6. The lowest BCUT2D eigenvalue weighted by Crippen LogP contribution is -2.50. The average molecular weight is 457 g/mol. The highest BCUT2D eigenvalue weighted by Crippen LogP contribution is 2.43. The molecular formula is C26H40N4O3. The second-order valence-corrected chi connectivity index (χ2v) is 10.3. The number of rotatable bonds is 6. The van der Waals surface area contributed by atoms with Crippen LogP contribution in [-0.4, -0.2) is 59.7 Å². The Kier molecular flexibility index (Phi) is 8.16. The van der Waals surface area contributed by atoms with Gasteiger partial charge in [-0.3, -0.25) is 19.3 Å². The molecule has 0 bridgehead atoms. The monoisotopic (exact) mass is 456 g/mol. The second-order valence-electron chi connectivity index (χ2n) is 10.3. The molecule has 0 saturated carbocycles. The maximum Gasteiger partial charge on any atom is 0.238 e. The second kappa shape index (κ2) is 10.7. The van der Waals surface area contributed by atoms with E-state index in [4.69, 9.17) is 0 Å². The van der Waals surface area contributed by atoms with Crippen molar-refractivity contribution in [2.24, 2.45) is 11.3 Å². The third-order valence-electron chi connectivity index (χ3n) is 7.41. The van der Waals surface area contributed by atoms with E-state index >= 15 is 0 Å². The van der Waals surface area contributed by atoms with E-state index in [1.807, 2.05) is 19.1 Å². The maximum atomic E-state index is 13.4. The number of hydrogen-bond acceptors (Lipinski definition) is 4. The lowest BCUT2D eigenvalue weighted by Gasteiger charge is -2.43. The fraction of sp³-hybridized carbons (Fsp3) is 0.654. The summed E-state index contributed by atoms with van der Waals surface area (Å²) < 4.78 is 0. The minimum Gasteiger partial charge on any atom is -0.340 e. The molecule has 1 atom stereocenters. The zero-order chi connectivity index (χ0) is 24.2. The fourth-order valence-electron chi connectivity index (χ4n) is 5.34. The summed E-state index contributed by atoms with van der Waals surface area (Å²) in [7, 11) is 0. The van der Waals surface area contributed by atoms with Gasteiger partial charge >= 0.3 is 0 Å². The average Bonchev–Trinajstić information content (AvgIpc) is 2.90. The van der Waals surface area contributed by atoms with E-state index < -0.39 is 0 Å². The summed E-state index contributed by atoms with van der Waals surface area (Å²) in [5.41, 5.74) is 2.03. The first-order valence-electron chi connectivity index (χ1n) is 12.3. The topological polar surface area (TPSA) is 81.8 Å². The number of carbonyl (C=O) groups is 3. The van der Waals surface area contributed by atoms with Gasteiger partial charge in [-0.2, -0.15) is 0 Å². The number of carbonyl (C=O) groups excluding carboxylic acids is 3. The van der Waals surface area contributed by atoms with E-state index in [2.05, 4.69) is 41.2 Å². The van der Waals surface area contributed by atoms with E-state index in [1.165, 1.54) is 6.92 Å². The van der Waals surface area contributed by atoms with Gasteiger partial charge in [-0.1, -0.05) is 19.4 Å². The van der Waals surface area contributed by atoms with Crippen LogP contribution >= 0.6 is 0 Å². The molecule has 182 valence electrons. The van der Waals surface area contributed by atoms with Crippen LogP contribution in [0.2, 0.25) is 0 Å². The van der Waals surface area contributed by atoms with Crippen LogP contribution in [0.3, 0.4) is 0 Å². The van der Waals surface area contributed by atoms with Crippen molar-refractivity contribution in [1.29, 1.82) is 0 Å². The Labute approximate surface area is 198 Å². The van der Waals surface area contributed by atoms with Gasteiger partial charge in [0.2, 0.25) is 17.7 Å². The number of likely N-dealkylation sites (tertiary alicyclic amines) is 2. The zero-order valence-corrected chi connectivity index (χ0v) is 20.9. The van der Waals surface area contributed by atoms with Gasteiger partial charge in [-0.15, -0.1) is 0 Å². The predicted molar refractivity (Wildman–Crippen MR) is 132 cm³/mol. The van der Waals surface area contributed by atoms with Crippen LogP contribution in [0.25, 0.3) is 0 Å². The third-order valence-corrected chi connectivity index (χ3v) is 7.41. The van der Waals surface area contributed by atoms with E-state index in [-0.39, 0.29) is 23.3 Å². The zero-order valence-electron chi connectivity index (χ0n) is 20.9. The van der Waals surface area contributed by atoms with E-state index in [0.29, 0.717) is 29.7 Å². The number of anilines is 2. The molecule has 2 saturated heterocycles. The van der Waals surface area contributed by atoms with Gasteiger partial charge in [0.15, 0.2) is 0 Å². The van der Waals surface area contributed by atoms with Crippen molar-refractivity contribution in [2.75, 3.05) is 36.8 Å². The molecule has 0 unspecified atom stereocenters. The Hall–Kier alpha value is -2.41. The highest BCUT2D eigenvalue weighted by Gasteiger charge is 2.45. The maximum absolute atomic E-state index is 13.4. The van der Waals surface area contributed by atoms with Crippen LogP contribution in [0.5, 0.6) is 0 Å². The van der Waals surface area contributed by atoms with Crippen molar-refractivity contribution in [1.82, 2.24) is 9.80 Å². The molecule has 0 spiro atoms. The summed E-state index contributed by atoms with van der Waals surface area (Å²) in [6, 6.07) is 5.77. The lowest BCUT2D eigenvalue weighted by molar-refractivity contribution is -0.147. The predicted octanol–water partition coefficient (Wildman–Crippen LogP) is 4.03. The quantitative estimate of drug-likeness (QED) is 0.677. The number of aryl methyl sites for hydroxylation is 1. The Morgan fingerprint density at radius 2 is 1.82 bits per heavy atom. The Balaban J connectivity index is 1.55. The fourth-order valence-corrected chi connectivity index (χ4v) is 5.34. The number of piperidine rings is 1. The standard InChI is InChI=1S/C26H40N4O3/c1-18(2)30-13-7-6-12-26(5,25(30)33)21-10-14-29(15-11-21)17-24(32)28-22-9-8-19(3)23(16-22)27-20(4)31/h8-9,16,18,21H,6-7,10-15,17H2,1-5H3,(H,27,31)(H,28,32)/t26-/m0/s1. The first-order valence-corrected chi connectivity index (χ1v) is 12.3. The Morgan fingerprint density at radius 1 is 1.12 bits per heavy atom. The van der Waals surface area contributed by atoms with Gasteiger partial charge in [0, 0.05) is 36.3 Å². The number of nitrogens with zero attached hydrogens (tertiary/aromatic N) is 2. The van der Waals surface area contributed by atoms with Crippen molar-refractivity contribution in [3.05, 3.63) is 23.8 Å². The summed E-state index contributed by atoms with van der Waals surface area (Å²) in [4.78, 5) is 41.7. The van der Waals surface area contributed by atoms with Gasteiger partial charge < -0.3 is 15.5 Å². The Bertz CT molecular complexity index is 876. The van der Waals surface area contributed by atoms with E-state index in [0.717, 1.165) is 57.3 Å². The van der Waals surface area contributed by atoms with Crippen molar-refractivity contribution in [2.45, 2.75) is 72.8 Å². The van der Waals surface area contributed by atoms with Crippen molar-refractivity contribution < 1.29 is 14.4 Å². The first kappa shape index (κ1) is 25.2. The highest BCUT2D eigenvalue weighted by molar-refractivity contribution is 5.94. The molecule has 7 heteroatoms. The minimum absolute atomic E-state index is 0.0613. The van der Waals surface area contributed by atoms with Crippen molar-refractivity contribution in [3.8, 4) is 0 Å². The largest absolute Gasteiger partial charge is 0.340 e. The van der Waals surface area contributed by atoms with Crippen LogP contribution in [0, 0.1) is 18.3 Å². The van der Waals surface area contributed by atoms with Crippen LogP contribution in [0.15, 0.2) is 18.2 Å². The van der Waals surface area contributed by atoms with Crippen molar-refractivity contribution >= 4 is 29.1 Å². The molecular weight excluding hydrogens is 416 g/mol. The molecule has 2 N–H and O–H groups in total. The lowest BCUT2D eigenvalue weighted by atomic mass is 9.69. The van der Waals surface area contributed by atoms with Gasteiger partial charge in [0.1, 0.15) is 0 Å². The van der Waals surface area contributed by atoms with Crippen LogP contribution in [0.1, 0.15) is 65.4 Å². The molecule has 2 fully saturated rings. The first-order chi connectivity index (χ1) is 15.6. The van der Waals surface area contributed by atoms with Gasteiger partial charge in [0.25, 0.3) is 0 Å². The summed E-state index contributed by atoms with van der Waals surface area (Å²) in [6.07, 6.45) is 5.04. The van der Waals surface area contributed by atoms with Gasteiger partial charge in [0.05, 0.1) is 6.54 Å². The molecule has 0 aliphatic carbocycles. The molecule has 2 heterocycles. The molecule has 0 radical (unpaired) electrons. The van der Waals surface area contributed by atoms with Gasteiger partial charge in [-0.05, 0) is 83.2 Å². The number of benzene rings is 1. The summed E-state index contributed by atoms with van der Waals surface area (Å²) in [5.74, 6) is 0.483. The van der Waals surface area contributed by atoms with E-state index in [1.54, 1.807) is 6.07 Å². The molecule has 3 rings (SSSR count). The van der Waals surface area contributed by atoms with E-state index in [9.17, 15) is 14.4 Å². The molecule has 1 aromatic rings. The summed E-state index contributed by atoms with van der Waals surface area (Å²) >= 11 is 0. The number of hydrogen-bond donors (Lipinski definition) is 2. The highest BCUT2D eigenvalue weighted by atomic mass is 16.2. The Morgan fingerprint density at radius 3 is 2.45 bits per heavy atom. The molecule has 0 aromatic heterocycles. The SMILES string of the molecule is CC(=O)Nc1cc(NC(=O)CN2CCC([C@]3(C)CCCCN(C(C)C)C3=O)CC2)ccc1C. The number of amides is 3. The van der Waals surface area contributed by atoms with Crippen molar-refractivity contribution in [3.63, 3.8) is 0 Å². The molecule has 1 aromatic carbocycles. The van der Waals surface area contributed by atoms with Crippen LogP contribution < -0.4 is 10.6 Å². The summed E-state index contributed by atoms with van der Waals surface area (Å²) in [5, 5.41) is 5.75. The molecule has 7 nitrogen and oxygen atoms in total. The van der Waals surface area contributed by atoms with Crippen LogP contribution in [0.4, 0.5) is 11.4 Å². The molecule has 3 amide bonds. The number of nitrogens with one attached hydrogen (secondary N) is 2. The molecule has 33 heavy (non-hydrogen) atoms. The normalized spacial score (nSPS) is 22.8. The smallest absolute Gasteiger partial charge is 0.238 e. The molecule has 2 aliphatic rings. The third kappa shape index (κ3) is 6.14. The minimum atomic E-state index is -0.295. The van der Waals surface area contributed by atoms with Crippen LogP contribution in [-0.2, 0) is 14.4 Å².